The first-order valence-electron chi connectivity index (χ1n) is 33.6. The van der Waals surface area contributed by atoms with Crippen molar-refractivity contribution in [2.75, 3.05) is 17.2 Å². The van der Waals surface area contributed by atoms with E-state index < -0.39 is 5.97 Å². The van der Waals surface area contributed by atoms with Gasteiger partial charge in [0.2, 0.25) is 17.8 Å². The zero-order chi connectivity index (χ0) is 80.3. The van der Waals surface area contributed by atoms with Crippen molar-refractivity contribution in [1.29, 1.82) is 15.8 Å². The van der Waals surface area contributed by atoms with E-state index >= 15 is 0 Å². The Morgan fingerprint density at radius 2 is 0.829 bits per heavy atom. The van der Waals surface area contributed by atoms with Gasteiger partial charge in [0.15, 0.2) is 0 Å². The Morgan fingerprint density at radius 1 is 0.477 bits per heavy atom. The van der Waals surface area contributed by atoms with Crippen molar-refractivity contribution in [3.05, 3.63) is 255 Å². The van der Waals surface area contributed by atoms with E-state index in [0.29, 0.717) is 107 Å². The summed E-state index contributed by atoms with van der Waals surface area (Å²) in [6.45, 7) is 6.98. The lowest BCUT2D eigenvalue weighted by atomic mass is 10.1. The molecule has 33 heteroatoms. The van der Waals surface area contributed by atoms with Gasteiger partial charge in [-0.1, -0.05) is 109 Å². The highest BCUT2D eigenvalue weighted by Crippen LogP contribution is 2.27. The van der Waals surface area contributed by atoms with Crippen LogP contribution in [0.2, 0.25) is 0 Å². The van der Waals surface area contributed by atoms with Gasteiger partial charge < -0.3 is 32.2 Å². The highest BCUT2D eigenvalue weighted by Gasteiger charge is 2.15. The van der Waals surface area contributed by atoms with Crippen LogP contribution in [0.25, 0.3) is 67.0 Å². The third-order valence-corrected chi connectivity index (χ3v) is 14.7. The number of hydrogen-bond acceptors (Lipinski definition) is 28. The van der Waals surface area contributed by atoms with E-state index in [1.54, 1.807) is 108 Å². The molecule has 0 spiro atoms. The van der Waals surface area contributed by atoms with E-state index in [1.807, 2.05) is 84.9 Å². The molecule has 9 aromatic heterocycles. The van der Waals surface area contributed by atoms with Crippen molar-refractivity contribution in [2.45, 2.75) is 98.4 Å². The summed E-state index contributed by atoms with van der Waals surface area (Å²) in [6.07, 6.45) is 14.9. The molecule has 111 heavy (non-hydrogen) atoms. The molecule has 556 valence electrons. The molecule has 0 saturated carbocycles. The number of aromatic nitrogens is 16. The molecule has 0 aliphatic heterocycles. The van der Waals surface area contributed by atoms with Gasteiger partial charge in [-0.15, -0.1) is 16.6 Å². The number of aliphatic carboxylic acids is 1. The van der Waals surface area contributed by atoms with Gasteiger partial charge in [0.1, 0.15) is 22.9 Å². The Morgan fingerprint density at radius 3 is 1.22 bits per heavy atom. The zero-order valence-electron chi connectivity index (χ0n) is 60.2. The minimum absolute atomic E-state index is 0.0265. The monoisotopic (exact) mass is 1490 g/mol. The summed E-state index contributed by atoms with van der Waals surface area (Å²) in [4.78, 5) is 99.9. The molecule has 0 bridgehead atoms. The van der Waals surface area contributed by atoms with Crippen LogP contribution in [0.3, 0.4) is 0 Å². The number of azide groups is 1. The van der Waals surface area contributed by atoms with Gasteiger partial charge in [-0.25, -0.2) is 39.3 Å². The Balaban J connectivity index is 0.000000225. The molecular weight excluding hydrogens is 1420 g/mol. The zero-order valence-corrected chi connectivity index (χ0v) is 60.2. The number of nitriles is 3. The lowest BCUT2D eigenvalue weighted by molar-refractivity contribution is -0.193. The lowest BCUT2D eigenvalue weighted by Gasteiger charge is -2.05. The van der Waals surface area contributed by atoms with E-state index in [-0.39, 0.29) is 49.0 Å². The Hall–Kier alpha value is -15.6. The largest absolute Gasteiger partial charge is 0.481 e. The number of benzene rings is 3. The van der Waals surface area contributed by atoms with E-state index in [4.69, 9.17) is 74.3 Å². The number of rotatable bonds is 22. The number of Topliss-reactive ketones (excluding diaryl/α,β-unsaturated/α-hetero) is 1. The van der Waals surface area contributed by atoms with Crippen molar-refractivity contribution >= 4 is 41.9 Å². The number of carboxylic acids is 1. The van der Waals surface area contributed by atoms with Crippen LogP contribution < -0.4 is 17.2 Å². The molecule has 9 heterocycles. The quantitative estimate of drug-likeness (QED) is 0.0182. The van der Waals surface area contributed by atoms with Crippen LogP contribution in [0.4, 0.5) is 17.8 Å². The third-order valence-electron chi connectivity index (χ3n) is 14.7. The van der Waals surface area contributed by atoms with Crippen LogP contribution in [-0.2, 0) is 80.7 Å². The van der Waals surface area contributed by atoms with Crippen molar-refractivity contribution in [2.24, 2.45) is 5.11 Å². The van der Waals surface area contributed by atoms with Crippen LogP contribution in [0.15, 0.2) is 181 Å². The van der Waals surface area contributed by atoms with Crippen LogP contribution in [0.5, 0.6) is 0 Å². The molecule has 0 atom stereocenters. The molecule has 12 rings (SSSR count). The Kier molecular flexibility index (Phi) is 34.6. The molecule has 12 aromatic rings. The normalized spacial score (nSPS) is 9.77. The topological polar surface area (TPSA) is 531 Å². The Bertz CT molecular complexity index is 5210. The summed E-state index contributed by atoms with van der Waals surface area (Å²) in [5, 5.41) is 64.9. The number of nitrogens with zero attached hydrogens (tertiary/aromatic N) is 22. The van der Waals surface area contributed by atoms with E-state index in [9.17, 15) is 9.59 Å². The number of carboxylic acid groups (broad SMARTS) is 1. The maximum absolute atomic E-state index is 11.2. The third kappa shape index (κ3) is 29.1. The molecule has 0 fully saturated rings. The highest BCUT2D eigenvalue weighted by molar-refractivity contribution is 5.75. The van der Waals surface area contributed by atoms with Crippen LogP contribution in [-0.4, -0.2) is 114 Å². The van der Waals surface area contributed by atoms with E-state index in [2.05, 4.69) is 118 Å². The summed E-state index contributed by atoms with van der Waals surface area (Å²) < 4.78 is 3.29. The van der Waals surface area contributed by atoms with Gasteiger partial charge in [-0.2, -0.15) is 35.0 Å². The van der Waals surface area contributed by atoms with E-state index in [0.717, 1.165) is 82.2 Å². The molecule has 33 nitrogen and oxygen atoms in total. The first-order valence-corrected chi connectivity index (χ1v) is 33.6. The molecule has 3 aromatic carbocycles. The maximum Gasteiger partial charge on any atom is 0.373 e. The predicted octanol–water partition coefficient (Wildman–Crippen LogP) is 9.92. The van der Waals surface area contributed by atoms with Gasteiger partial charge in [0, 0.05) is 62.9 Å². The smallest absolute Gasteiger partial charge is 0.373 e. The number of aryl methyl sites for hydroxylation is 4. The van der Waals surface area contributed by atoms with Gasteiger partial charge in [0.05, 0.1) is 126 Å². The van der Waals surface area contributed by atoms with Crippen LogP contribution in [0.1, 0.15) is 114 Å². The average Bonchev–Trinajstić information content (AvgIpc) is 1.77. The first kappa shape index (κ1) is 84.3. The molecule has 0 unspecified atom stereocenters. The number of carbonyl (C=O) groups excluding carboxylic acids is 5. The number of carbonyl (C=O) groups is 2. The van der Waals surface area contributed by atoms with Crippen molar-refractivity contribution < 1.29 is 39.0 Å². The van der Waals surface area contributed by atoms with Crippen molar-refractivity contribution in [1.82, 2.24) is 79.8 Å². The first-order chi connectivity index (χ1) is 53.8. The fourth-order valence-corrected chi connectivity index (χ4v) is 9.92. The number of hydrogen-bond donors (Lipinski definition) is 5. The highest BCUT2D eigenvalue weighted by atomic mass is 16.4. The molecule has 0 aliphatic carbocycles. The SMILES string of the molecule is C#Cc1cc(-c2cccc(C#N)c2)nc(N)n1.CC(=O)CCc1cccc(Cn2cc(-c3cc(-c4cccc(C#N)c4)nc(N)n3)nn2)n1.CCCc1cccc(CN=[N+]=[N-])n1.CCCc1cccc(CO)n1.N#Cc1cccc(-c2cc(-c3cn(Cc4cccc(CCC(=O)O)n4)nn3)nc(N)n2)c1.O=C=O.O=C=O. The second-order valence-electron chi connectivity index (χ2n) is 23.1. The average molecular weight is 1490 g/mol. The summed E-state index contributed by atoms with van der Waals surface area (Å²) in [7, 11) is 0. The number of pyridine rings is 4. The fourth-order valence-electron chi connectivity index (χ4n) is 9.92. The van der Waals surface area contributed by atoms with Crippen LogP contribution in [0, 0.1) is 46.3 Å². The van der Waals surface area contributed by atoms with Crippen LogP contribution >= 0.6 is 0 Å². The molecule has 0 aliphatic rings. The Labute approximate surface area is 636 Å². The van der Waals surface area contributed by atoms with E-state index in [1.165, 1.54) is 0 Å². The van der Waals surface area contributed by atoms with Gasteiger partial charge in [0.25, 0.3) is 0 Å². The van der Waals surface area contributed by atoms with Gasteiger partial charge in [-0.3, -0.25) is 24.7 Å². The summed E-state index contributed by atoms with van der Waals surface area (Å²) in [5.41, 5.74) is 40.6. The number of nitrogen functional groups attached to an aromatic ring is 3. The molecule has 0 saturated heterocycles. The molecule has 0 radical (unpaired) electrons. The fraction of sp³-hybridized carbons (Fsp3) is 0.192. The summed E-state index contributed by atoms with van der Waals surface area (Å²) >= 11 is 0. The number of anilines is 3. The molecule has 8 N–H and O–H groups in total. The molecular formula is C78H71N25O8. The maximum atomic E-state index is 11.2. The van der Waals surface area contributed by atoms with Crippen molar-refractivity contribution in [3.8, 4) is 87.1 Å². The summed E-state index contributed by atoms with van der Waals surface area (Å²) in [6, 6.07) is 55.5. The minimum Gasteiger partial charge on any atom is -0.481 e. The number of terminal acetylenes is 1. The van der Waals surface area contributed by atoms with Gasteiger partial charge >= 0.3 is 18.3 Å². The number of aliphatic hydroxyl groups excluding tert-OH is 1. The number of ketones is 1. The molecule has 0 amide bonds. The standard InChI is InChI=1S/C23H20N8O.C22H18N8O2.C13H8N4.C9H12N4.C9H13NO.2CO2/c1-15(32)8-9-18-6-3-7-19(26-18)13-31-14-22(29-30-31)21-11-20(27-23(25)28-21)17-5-2-4-16(10-17)12-24;23-11-14-3-1-4-15(9-14)18-10-19(27-22(24)26-18)20-13-30(29-28-20)12-17-6-2-5-16(25-17)7-8-21(31)32;1-2-11-7-12(17-13(15)16-11)10-5-3-4-9(6-10)8-14;1-2-4-8-5-3-6-9(12-8)7-11-13-10;1-2-4-8-5-3-6-9(7-11)10-8;2*2-1-3/h2-7,10-11,14H,8-9,13H2,1H3,(H2,25,27,28);1-6,9-10,13H,7-8,12H2,(H,31,32)(H2,24,26,27);1,3-7H,(H2,15,16,17);3,5-6H,2,4,7H2,1H3;3,5-6,11H,2,4,7H2,1H3;;. The lowest BCUT2D eigenvalue weighted by Crippen LogP contribution is -2.05. The van der Waals surface area contributed by atoms with Crippen molar-refractivity contribution in [3.63, 3.8) is 0 Å². The minimum atomic E-state index is -0.860. The second kappa shape index (κ2) is 45.6. The predicted molar refractivity (Wildman–Crippen MR) is 403 cm³/mol. The van der Waals surface area contributed by atoms with Gasteiger partial charge in [-0.05, 0) is 135 Å². The summed E-state index contributed by atoms with van der Waals surface area (Å²) in [5.74, 6) is 2.00. The number of aliphatic hydroxyl groups is 1. The second-order valence-corrected chi connectivity index (χ2v) is 23.1. The number of nitrogens with two attached hydrogens (primary N) is 3.